The zero-order valence-corrected chi connectivity index (χ0v) is 17.5. The van der Waals surface area contributed by atoms with Crippen molar-refractivity contribution in [2.75, 3.05) is 76.7 Å². The van der Waals surface area contributed by atoms with Gasteiger partial charge in [-0.15, -0.1) is 0 Å². The molecule has 162 valence electrons. The lowest BCUT2D eigenvalue weighted by atomic mass is 10.1. The van der Waals surface area contributed by atoms with E-state index in [2.05, 4.69) is 9.88 Å². The molecular weight excluding hydrogens is 376 g/mol. The number of aromatic amines is 1. The van der Waals surface area contributed by atoms with E-state index in [-0.39, 0.29) is 30.6 Å². The van der Waals surface area contributed by atoms with E-state index < -0.39 is 11.2 Å². The van der Waals surface area contributed by atoms with Crippen molar-refractivity contribution in [2.45, 2.75) is 26.3 Å². The van der Waals surface area contributed by atoms with Crippen LogP contribution in [-0.4, -0.2) is 90.9 Å². The van der Waals surface area contributed by atoms with E-state index in [4.69, 9.17) is 10.5 Å². The number of H-pyrrole nitrogens is 1. The van der Waals surface area contributed by atoms with Crippen LogP contribution in [0.25, 0.3) is 0 Å². The lowest BCUT2D eigenvalue weighted by Gasteiger charge is -2.50. The van der Waals surface area contributed by atoms with Gasteiger partial charge in [0.2, 0.25) is 0 Å². The Hall–Kier alpha value is -2.17. The highest BCUT2D eigenvalue weighted by atomic mass is 16.5. The molecule has 1 aromatic rings. The van der Waals surface area contributed by atoms with E-state index in [1.165, 1.54) is 9.47 Å². The van der Waals surface area contributed by atoms with E-state index in [0.29, 0.717) is 13.1 Å². The summed E-state index contributed by atoms with van der Waals surface area (Å²) in [5, 5.41) is 0. The Bertz CT molecular complexity index is 826. The summed E-state index contributed by atoms with van der Waals surface area (Å²) < 4.78 is 7.25. The first-order valence-electron chi connectivity index (χ1n) is 10.4. The number of hydrogen-bond donors (Lipinski definition) is 2. The minimum absolute atomic E-state index is 0.0418. The molecule has 0 aromatic carbocycles. The number of carbonyl (C=O) groups is 1. The minimum Gasteiger partial charge on any atom is -0.383 e. The van der Waals surface area contributed by atoms with Crippen molar-refractivity contribution in [2.24, 2.45) is 0 Å². The number of rotatable bonds is 9. The molecule has 4 heterocycles. The number of unbranched alkanes of at least 4 members (excludes halogenated alkanes) is 1. The van der Waals surface area contributed by atoms with Gasteiger partial charge in [0, 0.05) is 39.8 Å². The highest BCUT2D eigenvalue weighted by Gasteiger charge is 2.41. The largest absolute Gasteiger partial charge is 0.383 e. The van der Waals surface area contributed by atoms with Gasteiger partial charge in [0.15, 0.2) is 12.2 Å². The van der Waals surface area contributed by atoms with E-state index in [1.54, 1.807) is 7.11 Å². The molecule has 29 heavy (non-hydrogen) atoms. The molecule has 3 fully saturated rings. The van der Waals surface area contributed by atoms with Gasteiger partial charge in [-0.2, -0.15) is 0 Å². The molecule has 2 bridgehead atoms. The standard InChI is InChI=1S/C19H32N6O4/c1-3-4-5-24-17(20)16(18(27)21-19(24)28)23(9-13-29-2)15(26)14-25-10-6-22(7-11-25)8-12-25/h3-14H2,1-2H3,(H2-,20,21,27,28)/p+1. The normalized spacial score (nSPS) is 23.3. The van der Waals surface area contributed by atoms with E-state index in [0.717, 1.165) is 56.6 Å². The van der Waals surface area contributed by atoms with Crippen LogP contribution in [0.3, 0.4) is 0 Å². The molecule has 0 radical (unpaired) electrons. The van der Waals surface area contributed by atoms with Gasteiger partial charge in [-0.05, 0) is 6.42 Å². The van der Waals surface area contributed by atoms with Gasteiger partial charge in [-0.3, -0.25) is 28.9 Å². The lowest BCUT2D eigenvalue weighted by molar-refractivity contribution is -0.933. The summed E-state index contributed by atoms with van der Waals surface area (Å²) in [7, 11) is 1.55. The number of anilines is 2. The van der Waals surface area contributed by atoms with Crippen molar-refractivity contribution in [1.82, 2.24) is 14.5 Å². The van der Waals surface area contributed by atoms with Crippen molar-refractivity contribution in [1.29, 1.82) is 0 Å². The number of aromatic nitrogens is 2. The van der Waals surface area contributed by atoms with Crippen LogP contribution in [0.4, 0.5) is 11.5 Å². The van der Waals surface area contributed by atoms with Gasteiger partial charge >= 0.3 is 5.69 Å². The molecule has 3 aliphatic heterocycles. The highest BCUT2D eigenvalue weighted by Crippen LogP contribution is 2.22. The number of nitrogens with zero attached hydrogens (tertiary/aromatic N) is 4. The zero-order valence-electron chi connectivity index (χ0n) is 17.5. The fourth-order valence-corrected chi connectivity index (χ4v) is 4.26. The van der Waals surface area contributed by atoms with Crippen LogP contribution in [0.5, 0.6) is 0 Å². The molecule has 3 N–H and O–H groups in total. The molecule has 4 rings (SSSR count). The third-order valence-corrected chi connectivity index (χ3v) is 6.18. The predicted molar refractivity (Wildman–Crippen MR) is 111 cm³/mol. The summed E-state index contributed by atoms with van der Waals surface area (Å²) in [6, 6.07) is 0. The Kier molecular flexibility index (Phi) is 6.76. The maximum Gasteiger partial charge on any atom is 0.330 e. The van der Waals surface area contributed by atoms with Crippen LogP contribution in [-0.2, 0) is 16.1 Å². The molecular formula is C19H33N6O4+. The van der Waals surface area contributed by atoms with Crippen molar-refractivity contribution >= 4 is 17.4 Å². The average molecular weight is 410 g/mol. The van der Waals surface area contributed by atoms with Gasteiger partial charge in [0.1, 0.15) is 5.82 Å². The van der Waals surface area contributed by atoms with Crippen molar-refractivity contribution in [3.05, 3.63) is 20.8 Å². The molecule has 1 amide bonds. The first-order chi connectivity index (χ1) is 13.9. The molecule has 0 atom stereocenters. The first kappa shape index (κ1) is 21.5. The SMILES string of the molecule is CCCCn1c(N)c(N(CCOC)C(=O)C[N+]23CCN(CC2)CC3)c(=O)[nH]c1=O. The summed E-state index contributed by atoms with van der Waals surface area (Å²) in [4.78, 5) is 44.4. The Morgan fingerprint density at radius 2 is 1.90 bits per heavy atom. The van der Waals surface area contributed by atoms with Gasteiger partial charge in [0.05, 0.1) is 26.2 Å². The van der Waals surface area contributed by atoms with Crippen LogP contribution in [0.15, 0.2) is 9.59 Å². The molecule has 10 heteroatoms. The molecule has 0 unspecified atom stereocenters. The van der Waals surface area contributed by atoms with E-state index in [1.807, 2.05) is 6.92 Å². The summed E-state index contributed by atoms with van der Waals surface area (Å²) in [5.41, 5.74) is 5.12. The molecule has 0 aliphatic carbocycles. The number of methoxy groups -OCH3 is 1. The number of piperazine rings is 3. The van der Waals surface area contributed by atoms with E-state index in [9.17, 15) is 14.4 Å². The van der Waals surface area contributed by atoms with E-state index >= 15 is 0 Å². The Balaban J connectivity index is 1.92. The fraction of sp³-hybridized carbons (Fsp3) is 0.737. The number of quaternary nitrogens is 1. The quantitative estimate of drug-likeness (QED) is 0.508. The molecule has 0 saturated carbocycles. The third kappa shape index (κ3) is 4.54. The molecule has 3 aliphatic rings. The summed E-state index contributed by atoms with van der Waals surface area (Å²) in [6.45, 7) is 9.00. The number of amides is 1. The fourth-order valence-electron chi connectivity index (χ4n) is 4.26. The number of hydrogen-bond acceptors (Lipinski definition) is 6. The number of nitrogens with two attached hydrogens (primary N) is 1. The molecule has 0 spiro atoms. The highest BCUT2D eigenvalue weighted by molar-refractivity contribution is 5.96. The second-order valence-corrected chi connectivity index (χ2v) is 8.05. The molecule has 10 nitrogen and oxygen atoms in total. The predicted octanol–water partition coefficient (Wildman–Crippen LogP) is -0.956. The maximum atomic E-state index is 13.4. The van der Waals surface area contributed by atoms with Crippen molar-refractivity contribution in [3.63, 3.8) is 0 Å². The van der Waals surface area contributed by atoms with Crippen LogP contribution in [0.2, 0.25) is 0 Å². The van der Waals surface area contributed by atoms with Gasteiger partial charge < -0.3 is 15.0 Å². The van der Waals surface area contributed by atoms with Crippen LogP contribution in [0.1, 0.15) is 19.8 Å². The van der Waals surface area contributed by atoms with Crippen molar-refractivity contribution in [3.8, 4) is 0 Å². The average Bonchev–Trinajstić information content (AvgIpc) is 2.71. The van der Waals surface area contributed by atoms with Crippen molar-refractivity contribution < 1.29 is 14.0 Å². The first-order valence-corrected chi connectivity index (χ1v) is 10.4. The summed E-state index contributed by atoms with van der Waals surface area (Å²) >= 11 is 0. The Morgan fingerprint density at radius 1 is 1.24 bits per heavy atom. The summed E-state index contributed by atoms with van der Waals surface area (Å²) in [5.74, 6) is -0.115. The zero-order chi connectivity index (χ0) is 21.0. The van der Waals surface area contributed by atoms with Gasteiger partial charge in [-0.25, -0.2) is 4.79 Å². The minimum atomic E-state index is -0.631. The second kappa shape index (κ2) is 9.10. The number of nitrogen functional groups attached to an aromatic ring is 1. The van der Waals surface area contributed by atoms with Crippen LogP contribution < -0.4 is 21.9 Å². The smallest absolute Gasteiger partial charge is 0.330 e. The summed E-state index contributed by atoms with van der Waals surface area (Å²) in [6.07, 6.45) is 1.63. The van der Waals surface area contributed by atoms with Gasteiger partial charge in [-0.1, -0.05) is 13.3 Å². The van der Waals surface area contributed by atoms with Crippen LogP contribution >= 0.6 is 0 Å². The third-order valence-electron chi connectivity index (χ3n) is 6.18. The Morgan fingerprint density at radius 3 is 2.48 bits per heavy atom. The van der Waals surface area contributed by atoms with Gasteiger partial charge in [0.25, 0.3) is 11.5 Å². The number of carbonyl (C=O) groups excluding carboxylic acids is 1. The second-order valence-electron chi connectivity index (χ2n) is 8.05. The molecule has 3 saturated heterocycles. The number of ether oxygens (including phenoxy) is 1. The van der Waals surface area contributed by atoms with Crippen LogP contribution in [0, 0.1) is 0 Å². The topological polar surface area (TPSA) is 114 Å². The Labute approximate surface area is 170 Å². The molecule has 1 aromatic heterocycles. The maximum absolute atomic E-state index is 13.4. The number of nitrogens with one attached hydrogen (secondary N) is 1. The monoisotopic (exact) mass is 409 g/mol. The lowest BCUT2D eigenvalue weighted by Crippen LogP contribution is -2.69. The number of fused-ring (bicyclic) bond motifs is 3.